The van der Waals surface area contributed by atoms with E-state index >= 15 is 0 Å². The number of nitrogens with one attached hydrogen (secondary N) is 2. The van der Waals surface area contributed by atoms with Crippen LogP contribution < -0.4 is 10.6 Å². The highest BCUT2D eigenvalue weighted by Gasteiger charge is 2.28. The van der Waals surface area contributed by atoms with Gasteiger partial charge in [0.25, 0.3) is 11.8 Å². The van der Waals surface area contributed by atoms with Crippen molar-refractivity contribution < 1.29 is 37.1 Å². The van der Waals surface area contributed by atoms with Crippen molar-refractivity contribution in [1.29, 1.82) is 0 Å². The quantitative estimate of drug-likeness (QED) is 0.573. The summed E-state index contributed by atoms with van der Waals surface area (Å²) in [6.45, 7) is 4.72. The van der Waals surface area contributed by atoms with Crippen molar-refractivity contribution in [1.82, 2.24) is 5.32 Å². The van der Waals surface area contributed by atoms with E-state index in [1.807, 2.05) is 5.32 Å². The molecule has 0 unspecified atom stereocenters. The summed E-state index contributed by atoms with van der Waals surface area (Å²) in [5, 5.41) is 4.55. The highest BCUT2D eigenvalue weighted by atomic mass is 32.2. The minimum Gasteiger partial charge on any atom is -0.462 e. The van der Waals surface area contributed by atoms with Crippen molar-refractivity contribution >= 4 is 50.1 Å². The van der Waals surface area contributed by atoms with Crippen molar-refractivity contribution in [2.24, 2.45) is 0 Å². The van der Waals surface area contributed by atoms with Crippen molar-refractivity contribution in [3.8, 4) is 0 Å². The molecule has 0 spiro atoms. The van der Waals surface area contributed by atoms with E-state index in [9.17, 15) is 27.6 Å². The first-order valence-corrected chi connectivity index (χ1v) is 11.9. The summed E-state index contributed by atoms with van der Waals surface area (Å²) in [6, 6.07) is 5.28. The zero-order chi connectivity index (χ0) is 24.1. The summed E-state index contributed by atoms with van der Waals surface area (Å²) < 4.78 is 33.3. The Bertz CT molecular complexity index is 1150. The number of amides is 3. The number of carbonyl (C=O) groups excluding carboxylic acids is 4. The number of carbonyl (C=O) groups is 4. The zero-order valence-corrected chi connectivity index (χ0v) is 19.4. The Labute approximate surface area is 188 Å². The molecular formula is C20H22N2O8S2. The zero-order valence-electron chi connectivity index (χ0n) is 17.8. The second-order valence-corrected chi connectivity index (χ2v) is 9.61. The van der Waals surface area contributed by atoms with Gasteiger partial charge in [0, 0.05) is 5.56 Å². The summed E-state index contributed by atoms with van der Waals surface area (Å²) in [5.41, 5.74) is 0.250. The van der Waals surface area contributed by atoms with Crippen LogP contribution in [0.15, 0.2) is 29.2 Å². The fourth-order valence-corrected chi connectivity index (χ4v) is 4.61. The Morgan fingerprint density at radius 1 is 1.03 bits per heavy atom. The van der Waals surface area contributed by atoms with E-state index in [2.05, 4.69) is 10.1 Å². The average molecular weight is 483 g/mol. The van der Waals surface area contributed by atoms with E-state index in [1.54, 1.807) is 6.92 Å². The number of sulfone groups is 1. The smallest absolute Gasteiger partial charge is 0.413 e. The Hall–Kier alpha value is -3.25. The first-order chi connectivity index (χ1) is 15.0. The molecule has 0 aliphatic carbocycles. The van der Waals surface area contributed by atoms with Crippen LogP contribution in [0.1, 0.15) is 49.8 Å². The maximum absolute atomic E-state index is 12.7. The number of ether oxygens (including phenoxy) is 2. The molecule has 172 valence electrons. The first-order valence-electron chi connectivity index (χ1n) is 9.39. The third-order valence-corrected chi connectivity index (χ3v) is 7.26. The summed E-state index contributed by atoms with van der Waals surface area (Å²) in [6.07, 6.45) is -1.01. The normalized spacial score (nSPS) is 10.9. The molecule has 0 bridgehead atoms. The van der Waals surface area contributed by atoms with Crippen molar-refractivity contribution in [2.45, 2.75) is 25.7 Å². The molecule has 0 fully saturated rings. The SMILES string of the molecule is CCOC(=O)c1sc(NC(=O)c2ccc(S(=O)(=O)CC)cc2)c(C(=O)NC(=O)OC)c1C. The lowest BCUT2D eigenvalue weighted by Crippen LogP contribution is -2.31. The molecule has 2 aromatic rings. The number of thiophene rings is 1. The van der Waals surface area contributed by atoms with Crippen molar-refractivity contribution in [3.63, 3.8) is 0 Å². The van der Waals surface area contributed by atoms with Gasteiger partial charge in [-0.25, -0.2) is 18.0 Å². The molecule has 2 rings (SSSR count). The van der Waals surface area contributed by atoms with Crippen LogP contribution in [0.2, 0.25) is 0 Å². The number of benzene rings is 1. The predicted molar refractivity (Wildman–Crippen MR) is 117 cm³/mol. The van der Waals surface area contributed by atoms with E-state index < -0.39 is 33.7 Å². The molecule has 12 heteroatoms. The highest BCUT2D eigenvalue weighted by molar-refractivity contribution is 7.91. The lowest BCUT2D eigenvalue weighted by Gasteiger charge is -2.08. The maximum atomic E-state index is 12.7. The number of hydrogen-bond donors (Lipinski definition) is 2. The predicted octanol–water partition coefficient (Wildman–Crippen LogP) is 2.78. The van der Waals surface area contributed by atoms with E-state index in [0.717, 1.165) is 18.4 Å². The van der Waals surface area contributed by atoms with Gasteiger partial charge in [-0.1, -0.05) is 6.92 Å². The van der Waals surface area contributed by atoms with Gasteiger partial charge in [-0.3, -0.25) is 14.9 Å². The van der Waals surface area contributed by atoms with Crippen LogP contribution in [0.25, 0.3) is 0 Å². The molecule has 1 aromatic heterocycles. The number of methoxy groups -OCH3 is 1. The molecule has 0 aliphatic heterocycles. The molecule has 0 radical (unpaired) electrons. The van der Waals surface area contributed by atoms with Crippen LogP contribution in [0.5, 0.6) is 0 Å². The van der Waals surface area contributed by atoms with E-state index in [1.165, 1.54) is 38.1 Å². The molecule has 2 N–H and O–H groups in total. The number of anilines is 1. The third kappa shape index (κ3) is 5.51. The minimum atomic E-state index is -3.43. The van der Waals surface area contributed by atoms with Crippen LogP contribution >= 0.6 is 11.3 Å². The van der Waals surface area contributed by atoms with Gasteiger partial charge < -0.3 is 14.8 Å². The van der Waals surface area contributed by atoms with Gasteiger partial charge in [-0.05, 0) is 43.7 Å². The molecule has 3 amide bonds. The lowest BCUT2D eigenvalue weighted by molar-refractivity contribution is 0.0531. The van der Waals surface area contributed by atoms with Gasteiger partial charge in [0.15, 0.2) is 9.84 Å². The Kier molecular flexibility index (Phi) is 8.11. The van der Waals surface area contributed by atoms with Gasteiger partial charge in [0.1, 0.15) is 9.88 Å². The van der Waals surface area contributed by atoms with Crippen LogP contribution in [-0.4, -0.2) is 51.8 Å². The van der Waals surface area contributed by atoms with E-state index in [-0.39, 0.29) is 43.8 Å². The van der Waals surface area contributed by atoms with Crippen LogP contribution in [0, 0.1) is 6.92 Å². The molecule has 1 heterocycles. The van der Waals surface area contributed by atoms with Gasteiger partial charge >= 0.3 is 12.1 Å². The standard InChI is InChI=1S/C20H22N2O8S2/c1-5-30-19(25)15-11(3)14(17(24)22-20(26)29-4)18(31-15)21-16(23)12-7-9-13(10-8-12)32(27,28)6-2/h7-10H,5-6H2,1-4H3,(H,21,23)(H,22,24,26). The second kappa shape index (κ2) is 10.4. The van der Waals surface area contributed by atoms with Gasteiger partial charge in [-0.2, -0.15) is 0 Å². The Morgan fingerprint density at radius 2 is 1.66 bits per heavy atom. The Morgan fingerprint density at radius 3 is 2.19 bits per heavy atom. The minimum absolute atomic E-state index is 0.0159. The Balaban J connectivity index is 2.41. The molecule has 0 saturated carbocycles. The molecule has 1 aromatic carbocycles. The molecule has 10 nitrogen and oxygen atoms in total. The van der Waals surface area contributed by atoms with Crippen LogP contribution in [-0.2, 0) is 19.3 Å². The first kappa shape index (κ1) is 25.0. The summed E-state index contributed by atoms with van der Waals surface area (Å²) in [7, 11) is -2.35. The molecule has 0 atom stereocenters. The molecule has 0 aliphatic rings. The van der Waals surface area contributed by atoms with Gasteiger partial charge in [0.05, 0.1) is 29.9 Å². The largest absolute Gasteiger partial charge is 0.462 e. The fourth-order valence-electron chi connectivity index (χ4n) is 2.63. The summed E-state index contributed by atoms with van der Waals surface area (Å²) >= 11 is 0.816. The lowest BCUT2D eigenvalue weighted by atomic mass is 10.1. The van der Waals surface area contributed by atoms with Crippen molar-refractivity contribution in [2.75, 3.05) is 24.8 Å². The van der Waals surface area contributed by atoms with E-state index in [0.29, 0.717) is 0 Å². The third-order valence-electron chi connectivity index (χ3n) is 4.32. The highest BCUT2D eigenvalue weighted by Crippen LogP contribution is 2.34. The molecule has 0 saturated heterocycles. The number of esters is 1. The molecule has 32 heavy (non-hydrogen) atoms. The topological polar surface area (TPSA) is 145 Å². The number of imide groups is 1. The number of hydrogen-bond acceptors (Lipinski definition) is 9. The summed E-state index contributed by atoms with van der Waals surface area (Å²) in [5.74, 6) is -2.28. The molecular weight excluding hydrogens is 460 g/mol. The van der Waals surface area contributed by atoms with Crippen LogP contribution in [0.4, 0.5) is 9.80 Å². The van der Waals surface area contributed by atoms with Gasteiger partial charge in [-0.15, -0.1) is 11.3 Å². The van der Waals surface area contributed by atoms with E-state index in [4.69, 9.17) is 4.74 Å². The van der Waals surface area contributed by atoms with Crippen LogP contribution in [0.3, 0.4) is 0 Å². The fraction of sp³-hybridized carbons (Fsp3) is 0.300. The number of alkyl carbamates (subject to hydrolysis) is 1. The maximum Gasteiger partial charge on any atom is 0.413 e. The monoisotopic (exact) mass is 482 g/mol. The van der Waals surface area contributed by atoms with Crippen molar-refractivity contribution in [3.05, 3.63) is 45.8 Å². The average Bonchev–Trinajstić information content (AvgIpc) is 3.09. The summed E-state index contributed by atoms with van der Waals surface area (Å²) in [4.78, 5) is 49.2. The second-order valence-electron chi connectivity index (χ2n) is 6.31. The van der Waals surface area contributed by atoms with Gasteiger partial charge in [0.2, 0.25) is 0 Å². The number of rotatable bonds is 7.